The molecular formula is C10H18O4. The molecule has 0 aromatic carbocycles. The molecule has 14 heavy (non-hydrogen) atoms. The molecule has 0 radical (unpaired) electrons. The average molecular weight is 202 g/mol. The number of ketones is 1. The second kappa shape index (κ2) is 7.50. The molecule has 0 aliphatic carbocycles. The number of carbonyl (C=O) groups is 2. The first kappa shape index (κ1) is 13.1. The maximum absolute atomic E-state index is 10.6. The Kier molecular flexibility index (Phi) is 7.02. The second-order valence-electron chi connectivity index (χ2n) is 3.36. The van der Waals surface area contributed by atoms with Crippen LogP contribution in [0, 0.1) is 0 Å². The highest BCUT2D eigenvalue weighted by atomic mass is 16.5. The van der Waals surface area contributed by atoms with Crippen molar-refractivity contribution in [2.75, 3.05) is 6.61 Å². The van der Waals surface area contributed by atoms with E-state index in [1.807, 2.05) is 0 Å². The van der Waals surface area contributed by atoms with Gasteiger partial charge in [-0.25, -0.2) is 4.79 Å². The normalized spacial score (nSPS) is 12.4. The first-order valence-corrected chi connectivity index (χ1v) is 4.88. The van der Waals surface area contributed by atoms with Crippen molar-refractivity contribution in [3.05, 3.63) is 0 Å². The molecule has 1 unspecified atom stereocenters. The Morgan fingerprint density at radius 1 is 1.29 bits per heavy atom. The molecule has 0 rings (SSSR count). The van der Waals surface area contributed by atoms with Crippen LogP contribution in [-0.4, -0.2) is 29.6 Å². The number of rotatable bonds is 8. The zero-order chi connectivity index (χ0) is 11.0. The Hall–Kier alpha value is -0.900. The largest absolute Gasteiger partial charge is 0.479 e. The highest BCUT2D eigenvalue weighted by Gasteiger charge is 2.09. The lowest BCUT2D eigenvalue weighted by Crippen LogP contribution is -2.20. The second-order valence-corrected chi connectivity index (χ2v) is 3.36. The Morgan fingerprint density at radius 3 is 2.43 bits per heavy atom. The number of Topliss-reactive ketones (excluding diaryl/α,β-unsaturated/α-hetero) is 1. The lowest BCUT2D eigenvalue weighted by molar-refractivity contribution is -0.149. The highest BCUT2D eigenvalue weighted by Crippen LogP contribution is 2.02. The number of carboxylic acid groups (broad SMARTS) is 1. The van der Waals surface area contributed by atoms with Crippen molar-refractivity contribution in [2.24, 2.45) is 0 Å². The summed E-state index contributed by atoms with van der Waals surface area (Å²) < 4.78 is 5.03. The van der Waals surface area contributed by atoms with Crippen molar-refractivity contribution >= 4 is 11.8 Å². The predicted octanol–water partition coefficient (Wildman–Crippen LogP) is 1.63. The van der Waals surface area contributed by atoms with Gasteiger partial charge in [-0.15, -0.1) is 0 Å². The maximum atomic E-state index is 10.6. The summed E-state index contributed by atoms with van der Waals surface area (Å²) in [5, 5.41) is 8.49. The van der Waals surface area contributed by atoms with Gasteiger partial charge in [0.1, 0.15) is 5.78 Å². The average Bonchev–Trinajstić information content (AvgIpc) is 2.09. The summed E-state index contributed by atoms with van der Waals surface area (Å²) >= 11 is 0. The van der Waals surface area contributed by atoms with Crippen LogP contribution in [0.5, 0.6) is 0 Å². The van der Waals surface area contributed by atoms with E-state index in [2.05, 4.69) is 0 Å². The van der Waals surface area contributed by atoms with Gasteiger partial charge in [-0.2, -0.15) is 0 Å². The quantitative estimate of drug-likeness (QED) is 0.607. The van der Waals surface area contributed by atoms with Gasteiger partial charge in [0.05, 0.1) is 0 Å². The molecule has 82 valence electrons. The van der Waals surface area contributed by atoms with Crippen molar-refractivity contribution < 1.29 is 19.4 Å². The topological polar surface area (TPSA) is 63.6 Å². The fraction of sp³-hybridized carbons (Fsp3) is 0.800. The van der Waals surface area contributed by atoms with Gasteiger partial charge in [0.25, 0.3) is 0 Å². The molecule has 0 saturated heterocycles. The minimum Gasteiger partial charge on any atom is -0.479 e. The van der Waals surface area contributed by atoms with Crippen molar-refractivity contribution in [1.29, 1.82) is 0 Å². The molecule has 0 spiro atoms. The van der Waals surface area contributed by atoms with Crippen LogP contribution >= 0.6 is 0 Å². The summed E-state index contributed by atoms with van der Waals surface area (Å²) in [6.45, 7) is 3.53. The summed E-state index contributed by atoms with van der Waals surface area (Å²) in [7, 11) is 0. The molecule has 1 N–H and O–H groups in total. The van der Waals surface area contributed by atoms with Gasteiger partial charge in [0, 0.05) is 13.0 Å². The predicted molar refractivity (Wildman–Crippen MR) is 52.2 cm³/mol. The highest BCUT2D eigenvalue weighted by molar-refractivity contribution is 5.75. The van der Waals surface area contributed by atoms with Crippen LogP contribution in [0.25, 0.3) is 0 Å². The Labute approximate surface area is 84.3 Å². The molecule has 0 aliphatic rings. The molecule has 0 aromatic heterocycles. The lowest BCUT2D eigenvalue weighted by atomic mass is 10.1. The summed E-state index contributed by atoms with van der Waals surface area (Å²) in [6, 6.07) is 0. The number of unbranched alkanes of at least 4 members (excludes halogenated alkanes) is 2. The standard InChI is InChI=1S/C10H18O4/c1-8(11)6-4-3-5-7-14-9(2)10(12)13/h9H,3-7H2,1-2H3,(H,12,13). The zero-order valence-corrected chi connectivity index (χ0v) is 8.78. The van der Waals surface area contributed by atoms with E-state index in [0.29, 0.717) is 13.0 Å². The number of carboxylic acids is 1. The van der Waals surface area contributed by atoms with Gasteiger partial charge in [0.15, 0.2) is 6.10 Å². The molecule has 4 heteroatoms. The maximum Gasteiger partial charge on any atom is 0.332 e. The molecule has 0 amide bonds. The Bertz CT molecular complexity index is 189. The van der Waals surface area contributed by atoms with Gasteiger partial charge in [0.2, 0.25) is 0 Å². The third-order valence-electron chi connectivity index (χ3n) is 1.89. The van der Waals surface area contributed by atoms with Gasteiger partial charge < -0.3 is 14.6 Å². The van der Waals surface area contributed by atoms with Crippen LogP contribution in [-0.2, 0) is 14.3 Å². The summed E-state index contributed by atoms with van der Waals surface area (Å²) in [5.74, 6) is -0.737. The van der Waals surface area contributed by atoms with E-state index in [1.54, 1.807) is 6.92 Å². The fourth-order valence-corrected chi connectivity index (χ4v) is 0.984. The minimum atomic E-state index is -0.936. The SMILES string of the molecule is CC(=O)CCCCCOC(C)C(=O)O. The first-order chi connectivity index (χ1) is 6.54. The lowest BCUT2D eigenvalue weighted by Gasteiger charge is -2.07. The van der Waals surface area contributed by atoms with Crippen LogP contribution in [0.15, 0.2) is 0 Å². The first-order valence-electron chi connectivity index (χ1n) is 4.88. The number of aliphatic carboxylic acids is 1. The number of hydrogen-bond acceptors (Lipinski definition) is 3. The minimum absolute atomic E-state index is 0.199. The van der Waals surface area contributed by atoms with Gasteiger partial charge in [-0.3, -0.25) is 0 Å². The van der Waals surface area contributed by atoms with Crippen molar-refractivity contribution in [2.45, 2.75) is 45.6 Å². The molecule has 0 aliphatic heterocycles. The molecule has 1 atom stereocenters. The molecule has 0 fully saturated rings. The van der Waals surface area contributed by atoms with E-state index >= 15 is 0 Å². The molecule has 0 heterocycles. The van der Waals surface area contributed by atoms with E-state index < -0.39 is 12.1 Å². The number of carbonyl (C=O) groups excluding carboxylic acids is 1. The summed E-state index contributed by atoms with van der Waals surface area (Å²) in [6.07, 6.45) is 2.45. The van der Waals surface area contributed by atoms with Crippen LogP contribution < -0.4 is 0 Å². The van der Waals surface area contributed by atoms with Crippen molar-refractivity contribution in [3.63, 3.8) is 0 Å². The molecule has 0 aromatic rings. The smallest absolute Gasteiger partial charge is 0.332 e. The van der Waals surface area contributed by atoms with Crippen molar-refractivity contribution in [3.8, 4) is 0 Å². The van der Waals surface area contributed by atoms with Gasteiger partial charge in [-0.1, -0.05) is 6.42 Å². The number of hydrogen-bond donors (Lipinski definition) is 1. The van der Waals surface area contributed by atoms with E-state index in [-0.39, 0.29) is 5.78 Å². The van der Waals surface area contributed by atoms with Crippen LogP contribution in [0.1, 0.15) is 39.5 Å². The van der Waals surface area contributed by atoms with E-state index in [1.165, 1.54) is 6.92 Å². The van der Waals surface area contributed by atoms with Crippen molar-refractivity contribution in [1.82, 2.24) is 0 Å². The molecule has 0 bridgehead atoms. The fourth-order valence-electron chi connectivity index (χ4n) is 0.984. The summed E-state index contributed by atoms with van der Waals surface area (Å²) in [4.78, 5) is 20.9. The van der Waals surface area contributed by atoms with Crippen LogP contribution in [0.4, 0.5) is 0 Å². The van der Waals surface area contributed by atoms with Crippen LogP contribution in [0.2, 0.25) is 0 Å². The Morgan fingerprint density at radius 2 is 1.93 bits per heavy atom. The third-order valence-corrected chi connectivity index (χ3v) is 1.89. The molecule has 4 nitrogen and oxygen atoms in total. The third kappa shape index (κ3) is 7.73. The molecular weight excluding hydrogens is 184 g/mol. The Balaban J connectivity index is 3.21. The number of ether oxygens (including phenoxy) is 1. The van der Waals surface area contributed by atoms with Gasteiger partial charge in [-0.05, 0) is 26.7 Å². The van der Waals surface area contributed by atoms with E-state index in [4.69, 9.17) is 9.84 Å². The monoisotopic (exact) mass is 202 g/mol. The van der Waals surface area contributed by atoms with E-state index in [0.717, 1.165) is 19.3 Å². The zero-order valence-electron chi connectivity index (χ0n) is 8.78. The molecule has 0 saturated carbocycles. The summed E-state index contributed by atoms with van der Waals surface area (Å²) in [5.41, 5.74) is 0. The van der Waals surface area contributed by atoms with Gasteiger partial charge >= 0.3 is 5.97 Å². The van der Waals surface area contributed by atoms with Crippen LogP contribution in [0.3, 0.4) is 0 Å². The van der Waals surface area contributed by atoms with E-state index in [9.17, 15) is 9.59 Å².